The summed E-state index contributed by atoms with van der Waals surface area (Å²) in [6, 6.07) is 5.41. The lowest BCUT2D eigenvalue weighted by Crippen LogP contribution is -2.21. The van der Waals surface area contributed by atoms with E-state index in [1.807, 2.05) is 0 Å². The Kier molecular flexibility index (Phi) is 9.75. The molecule has 0 nitrogen and oxygen atoms in total. The molecule has 0 aromatic carbocycles. The maximum Gasteiger partial charge on any atom is 0.0580 e. The normalized spacial score (nSPS) is 17.8. The lowest BCUT2D eigenvalue weighted by atomic mass is 9.95. The molecule has 0 bridgehead atoms. The van der Waals surface area contributed by atoms with Gasteiger partial charge in [-0.1, -0.05) is 108 Å². The first kappa shape index (κ1) is 29.3. The first-order chi connectivity index (χ1) is 16.4. The molecule has 1 aliphatic heterocycles. The van der Waals surface area contributed by atoms with E-state index in [1.165, 1.54) is 62.9 Å². The molecular weight excluding hydrogens is 481 g/mol. The Labute approximate surface area is 228 Å². The number of fused-ring (bicyclic) bond motifs is 3. The molecule has 2 aromatic heterocycles. The quantitative estimate of drug-likeness (QED) is 0.254. The fourth-order valence-electron chi connectivity index (χ4n) is 5.53. The van der Waals surface area contributed by atoms with Gasteiger partial charge in [-0.15, -0.1) is 22.7 Å². The predicted octanol–water partition coefficient (Wildman–Crippen LogP) is 12.0. The summed E-state index contributed by atoms with van der Waals surface area (Å²) < 4.78 is 0. The summed E-state index contributed by atoms with van der Waals surface area (Å²) in [6.45, 7) is 24.1. The second-order valence-electron chi connectivity index (χ2n) is 13.2. The van der Waals surface area contributed by atoms with E-state index in [1.54, 1.807) is 29.3 Å². The molecule has 0 saturated carbocycles. The molecule has 35 heavy (non-hydrogen) atoms. The van der Waals surface area contributed by atoms with E-state index >= 15 is 0 Å². The Bertz CT molecular complexity index is 868. The Morgan fingerprint density at radius 3 is 1.31 bits per heavy atom. The van der Waals surface area contributed by atoms with Gasteiger partial charge >= 0.3 is 0 Å². The van der Waals surface area contributed by atoms with Gasteiger partial charge in [-0.3, -0.25) is 0 Å². The van der Waals surface area contributed by atoms with Crippen molar-refractivity contribution in [2.45, 2.75) is 141 Å². The Balaban J connectivity index is 2.23. The Hall–Kier alpha value is -0.250. The zero-order chi connectivity index (χ0) is 26.0. The van der Waals surface area contributed by atoms with Crippen LogP contribution in [0.1, 0.15) is 130 Å². The molecule has 2 unspecified atom stereocenters. The maximum absolute atomic E-state index is 2.71. The van der Waals surface area contributed by atoms with Gasteiger partial charge in [0.2, 0.25) is 0 Å². The van der Waals surface area contributed by atoms with Crippen LogP contribution in [0.25, 0.3) is 9.75 Å². The number of hydrogen-bond acceptors (Lipinski definition) is 2. The highest BCUT2D eigenvalue weighted by Gasteiger charge is 2.45. The molecule has 3 rings (SSSR count). The van der Waals surface area contributed by atoms with Gasteiger partial charge in [-0.05, 0) is 59.1 Å². The first-order valence-electron chi connectivity index (χ1n) is 14.5. The van der Waals surface area contributed by atoms with Gasteiger partial charge in [0.25, 0.3) is 0 Å². The first-order valence-corrected chi connectivity index (χ1v) is 18.1. The van der Waals surface area contributed by atoms with Crippen LogP contribution >= 0.6 is 32.7 Å². The van der Waals surface area contributed by atoms with Crippen molar-refractivity contribution in [2.24, 2.45) is 11.8 Å². The average molecular weight is 535 g/mol. The van der Waals surface area contributed by atoms with Crippen LogP contribution in [0, 0.1) is 11.8 Å². The van der Waals surface area contributed by atoms with Crippen LogP contribution in [-0.4, -0.2) is 11.5 Å². The molecule has 0 fully saturated rings. The van der Waals surface area contributed by atoms with Crippen molar-refractivity contribution in [3.63, 3.8) is 0 Å². The molecule has 0 aliphatic carbocycles. The van der Waals surface area contributed by atoms with Crippen LogP contribution in [0.4, 0.5) is 0 Å². The highest BCUT2D eigenvalue weighted by atomic mass is 32.3. The van der Waals surface area contributed by atoms with Gasteiger partial charge in [0, 0.05) is 19.5 Å². The van der Waals surface area contributed by atoms with Crippen LogP contribution in [0.3, 0.4) is 0 Å². The zero-order valence-corrected chi connectivity index (χ0v) is 27.1. The van der Waals surface area contributed by atoms with E-state index < -0.39 is 10.0 Å². The maximum atomic E-state index is 2.71. The standard InChI is InChI=1S/C32H54S3/c1-11-15-17-23(13-3)21-35(22-24(14-4)18-16-12-2)25-19-27(31(5,6)7)33-29(25)30-26(35)20-28(34-30)32(8,9)10/h19-20,23-24H,11-18,21-22H2,1-10H3. The van der Waals surface area contributed by atoms with E-state index in [-0.39, 0.29) is 10.8 Å². The van der Waals surface area contributed by atoms with E-state index in [4.69, 9.17) is 0 Å². The van der Waals surface area contributed by atoms with Crippen molar-refractivity contribution < 1.29 is 0 Å². The average Bonchev–Trinajstić information content (AvgIpc) is 3.47. The minimum Gasteiger partial charge on any atom is -0.184 e. The second-order valence-corrected chi connectivity index (χ2v) is 18.6. The zero-order valence-electron chi connectivity index (χ0n) is 24.6. The molecule has 2 atom stereocenters. The summed E-state index contributed by atoms with van der Waals surface area (Å²) in [7, 11) is -1.02. The van der Waals surface area contributed by atoms with Crippen molar-refractivity contribution in [3.8, 4) is 9.75 Å². The molecular formula is C32H54S3. The Morgan fingerprint density at radius 2 is 1.03 bits per heavy atom. The van der Waals surface area contributed by atoms with Crippen LogP contribution in [0.15, 0.2) is 21.9 Å². The molecule has 3 heteroatoms. The van der Waals surface area contributed by atoms with Crippen molar-refractivity contribution in [2.75, 3.05) is 11.5 Å². The van der Waals surface area contributed by atoms with Gasteiger partial charge in [-0.25, -0.2) is 0 Å². The molecule has 0 saturated heterocycles. The van der Waals surface area contributed by atoms with E-state index in [2.05, 4.69) is 104 Å². The summed E-state index contributed by atoms with van der Waals surface area (Å²) in [6.07, 6.45) is 10.9. The molecule has 1 aliphatic rings. The summed E-state index contributed by atoms with van der Waals surface area (Å²) in [5.41, 5.74) is 0.451. The van der Waals surface area contributed by atoms with Crippen LogP contribution in [0.5, 0.6) is 0 Å². The molecule has 0 radical (unpaired) electrons. The summed E-state index contributed by atoms with van der Waals surface area (Å²) in [4.78, 5) is 10.1. The lowest BCUT2D eigenvalue weighted by Gasteiger charge is -2.43. The van der Waals surface area contributed by atoms with E-state index in [9.17, 15) is 0 Å². The number of unbranched alkanes of at least 4 members (excludes halogenated alkanes) is 2. The third-order valence-electron chi connectivity index (χ3n) is 8.05. The molecule has 200 valence electrons. The smallest absolute Gasteiger partial charge is 0.0580 e. The van der Waals surface area contributed by atoms with E-state index in [0.29, 0.717) is 0 Å². The third kappa shape index (κ3) is 6.26. The van der Waals surface area contributed by atoms with Crippen LogP contribution in [-0.2, 0) is 10.8 Å². The fraction of sp³-hybridized carbons (Fsp3) is 0.750. The predicted molar refractivity (Wildman–Crippen MR) is 166 cm³/mol. The molecule has 0 N–H and O–H groups in total. The van der Waals surface area contributed by atoms with Crippen molar-refractivity contribution in [3.05, 3.63) is 21.9 Å². The van der Waals surface area contributed by atoms with Crippen molar-refractivity contribution in [1.82, 2.24) is 0 Å². The van der Waals surface area contributed by atoms with Gasteiger partial charge in [0.15, 0.2) is 0 Å². The molecule has 0 amide bonds. The van der Waals surface area contributed by atoms with Gasteiger partial charge in [0.1, 0.15) is 0 Å². The minimum absolute atomic E-state index is 0.225. The second kappa shape index (κ2) is 11.6. The fourth-order valence-corrected chi connectivity index (χ4v) is 14.5. The van der Waals surface area contributed by atoms with Crippen LogP contribution in [0.2, 0.25) is 0 Å². The SMILES string of the molecule is CCCCC(CC)CS1(CC(CC)CCCC)c2cc(C(C)(C)C)sc2-c2sc(C(C)(C)C)cc21. The van der Waals surface area contributed by atoms with Gasteiger partial charge in [-0.2, -0.15) is 10.0 Å². The summed E-state index contributed by atoms with van der Waals surface area (Å²) >= 11 is 4.27. The van der Waals surface area contributed by atoms with Gasteiger partial charge in [0.05, 0.1) is 9.75 Å². The van der Waals surface area contributed by atoms with Gasteiger partial charge < -0.3 is 0 Å². The summed E-state index contributed by atoms with van der Waals surface area (Å²) in [5, 5.41) is 0. The monoisotopic (exact) mass is 534 g/mol. The minimum atomic E-state index is -1.02. The Morgan fingerprint density at radius 1 is 0.657 bits per heavy atom. The topological polar surface area (TPSA) is 0 Å². The molecule has 0 spiro atoms. The number of rotatable bonds is 12. The lowest BCUT2D eigenvalue weighted by molar-refractivity contribution is 0.484. The third-order valence-corrected chi connectivity index (χ3v) is 16.0. The largest absolute Gasteiger partial charge is 0.184 e. The van der Waals surface area contributed by atoms with Crippen molar-refractivity contribution in [1.29, 1.82) is 0 Å². The van der Waals surface area contributed by atoms with Crippen molar-refractivity contribution >= 4 is 32.7 Å². The molecule has 3 heterocycles. The highest BCUT2D eigenvalue weighted by Crippen LogP contribution is 2.77. The van der Waals surface area contributed by atoms with E-state index in [0.717, 1.165) is 11.8 Å². The molecule has 2 aromatic rings. The highest BCUT2D eigenvalue weighted by molar-refractivity contribution is 8.34. The number of thiophene rings is 2. The summed E-state index contributed by atoms with van der Waals surface area (Å²) in [5.74, 6) is 4.55. The number of hydrogen-bond donors (Lipinski definition) is 0. The van der Waals surface area contributed by atoms with Crippen LogP contribution < -0.4 is 0 Å².